The van der Waals surface area contributed by atoms with Crippen molar-refractivity contribution in [3.63, 3.8) is 0 Å². The van der Waals surface area contributed by atoms with Crippen LogP contribution in [0.4, 0.5) is 34.1 Å². The van der Waals surface area contributed by atoms with E-state index in [2.05, 4.69) is 10.3 Å². The number of rotatable bonds is 6. The van der Waals surface area contributed by atoms with Crippen LogP contribution in [0.25, 0.3) is 0 Å². The second-order valence-corrected chi connectivity index (χ2v) is 9.33. The van der Waals surface area contributed by atoms with Crippen LogP contribution >= 0.6 is 11.8 Å². The molecule has 2 fully saturated rings. The molecule has 12 heteroatoms. The Kier molecular flexibility index (Phi) is 6.19. The number of aromatic nitrogens is 1. The minimum absolute atomic E-state index is 0.0306. The highest BCUT2D eigenvalue weighted by atomic mass is 32.2. The Morgan fingerprint density at radius 3 is 2.47 bits per heavy atom. The van der Waals surface area contributed by atoms with E-state index in [4.69, 9.17) is 4.74 Å². The van der Waals surface area contributed by atoms with E-state index in [1.54, 1.807) is 19.9 Å². The zero-order valence-electron chi connectivity index (χ0n) is 18.3. The fourth-order valence-electron chi connectivity index (χ4n) is 3.76. The number of carbonyl (C=O) groups excluding carboxylic acids is 3. The lowest BCUT2D eigenvalue weighted by Crippen LogP contribution is -2.36. The number of nitrogens with zero attached hydrogens (tertiary/aromatic N) is 3. The molecule has 8 nitrogen and oxygen atoms in total. The number of benzene rings is 1. The van der Waals surface area contributed by atoms with E-state index in [1.165, 1.54) is 41.6 Å². The maximum atomic E-state index is 13.3. The molecule has 1 saturated carbocycles. The van der Waals surface area contributed by atoms with Gasteiger partial charge in [-0.05, 0) is 74.3 Å². The van der Waals surface area contributed by atoms with Gasteiger partial charge in [-0.25, -0.2) is 14.5 Å². The van der Waals surface area contributed by atoms with Gasteiger partial charge in [0.1, 0.15) is 5.54 Å². The Morgan fingerprint density at radius 2 is 1.88 bits per heavy atom. The van der Waals surface area contributed by atoms with Crippen molar-refractivity contribution in [3.8, 4) is 0 Å². The van der Waals surface area contributed by atoms with Crippen LogP contribution in [0.3, 0.4) is 0 Å². The molecule has 0 unspecified atom stereocenters. The zero-order chi connectivity index (χ0) is 24.7. The second kappa shape index (κ2) is 8.82. The lowest BCUT2D eigenvalue weighted by Gasteiger charge is -2.23. The molecule has 4 amide bonds. The molecule has 1 spiro atoms. The van der Waals surface area contributed by atoms with Gasteiger partial charge in [-0.3, -0.25) is 15.1 Å². The van der Waals surface area contributed by atoms with Crippen LogP contribution in [0.2, 0.25) is 0 Å². The Balaban J connectivity index is 1.56. The minimum atomic E-state index is -4.44. The number of hydrogen-bond acceptors (Lipinski definition) is 6. The molecule has 0 bridgehead atoms. The van der Waals surface area contributed by atoms with E-state index in [0.29, 0.717) is 24.1 Å². The van der Waals surface area contributed by atoms with Crippen molar-refractivity contribution in [3.05, 3.63) is 48.3 Å². The van der Waals surface area contributed by atoms with Gasteiger partial charge in [-0.2, -0.15) is 13.2 Å². The van der Waals surface area contributed by atoms with E-state index in [-0.39, 0.29) is 35.0 Å². The largest absolute Gasteiger partial charge is 0.447 e. The number of nitrogens with one attached hydrogen (secondary N) is 1. The SMILES string of the molecule is CC(C)OC(=O)Nc1cnccc1CN1C(=O)N(c2ccc(SC(F)(F)F)cc2)C(=O)C12CC2. The van der Waals surface area contributed by atoms with Crippen LogP contribution in [0, 0.1) is 0 Å². The molecule has 1 aromatic carbocycles. The topological polar surface area (TPSA) is 91.8 Å². The second-order valence-electron chi connectivity index (χ2n) is 8.19. The number of pyridine rings is 1. The average molecular weight is 494 g/mol. The van der Waals surface area contributed by atoms with E-state index in [9.17, 15) is 27.6 Å². The van der Waals surface area contributed by atoms with Gasteiger partial charge in [-0.1, -0.05) is 0 Å². The lowest BCUT2D eigenvalue weighted by atomic mass is 10.1. The van der Waals surface area contributed by atoms with Gasteiger partial charge < -0.3 is 9.64 Å². The molecule has 1 aliphatic carbocycles. The Bertz CT molecular complexity index is 1120. The number of halogens is 3. The summed E-state index contributed by atoms with van der Waals surface area (Å²) in [5.74, 6) is -0.420. The number of thioether (sulfide) groups is 1. The van der Waals surface area contributed by atoms with Crippen LogP contribution in [0.5, 0.6) is 0 Å². The molecule has 4 rings (SSSR count). The molecule has 34 heavy (non-hydrogen) atoms. The van der Waals surface area contributed by atoms with Crippen LogP contribution < -0.4 is 10.2 Å². The van der Waals surface area contributed by atoms with Crippen molar-refractivity contribution >= 4 is 41.2 Å². The van der Waals surface area contributed by atoms with Gasteiger partial charge in [0.05, 0.1) is 30.2 Å². The number of anilines is 2. The summed E-state index contributed by atoms with van der Waals surface area (Å²) < 4.78 is 42.9. The third kappa shape index (κ3) is 4.81. The van der Waals surface area contributed by atoms with Gasteiger partial charge in [0, 0.05) is 11.1 Å². The summed E-state index contributed by atoms with van der Waals surface area (Å²) in [6.07, 6.45) is 2.87. The number of imide groups is 1. The summed E-state index contributed by atoms with van der Waals surface area (Å²) in [5.41, 5.74) is -4.34. The molecule has 180 valence electrons. The standard InChI is InChI=1S/C22H21F3N4O4S/c1-13(2)33-19(31)27-17-11-26-10-7-14(17)12-28-20(32)29(18(30)21(28)8-9-21)15-3-5-16(6-4-15)34-22(23,24)25/h3-7,10-11,13H,8-9,12H2,1-2H3,(H,27,31). The smallest absolute Gasteiger partial charge is 0.446 e. The molecular weight excluding hydrogens is 473 g/mol. The summed E-state index contributed by atoms with van der Waals surface area (Å²) >= 11 is -0.271. The summed E-state index contributed by atoms with van der Waals surface area (Å²) in [6.45, 7) is 3.44. The monoisotopic (exact) mass is 494 g/mol. The number of urea groups is 1. The molecule has 1 aliphatic heterocycles. The van der Waals surface area contributed by atoms with Gasteiger partial charge in [0.2, 0.25) is 0 Å². The predicted molar refractivity (Wildman–Crippen MR) is 118 cm³/mol. The maximum absolute atomic E-state index is 13.3. The summed E-state index contributed by atoms with van der Waals surface area (Å²) in [6, 6.07) is 6.15. The van der Waals surface area contributed by atoms with Gasteiger partial charge in [0.25, 0.3) is 5.91 Å². The van der Waals surface area contributed by atoms with Crippen molar-refractivity contribution in [1.29, 1.82) is 0 Å². The quantitative estimate of drug-likeness (QED) is 0.441. The lowest BCUT2D eigenvalue weighted by molar-refractivity contribution is -0.120. The molecule has 2 aliphatic rings. The van der Waals surface area contributed by atoms with Crippen molar-refractivity contribution in [2.24, 2.45) is 0 Å². The third-order valence-electron chi connectivity index (χ3n) is 5.41. The van der Waals surface area contributed by atoms with Gasteiger partial charge in [-0.15, -0.1) is 0 Å². The molecule has 1 aromatic heterocycles. The molecule has 0 atom stereocenters. The van der Waals surface area contributed by atoms with Crippen molar-refractivity contribution in [2.75, 3.05) is 10.2 Å². The molecule has 2 aromatic rings. The summed E-state index contributed by atoms with van der Waals surface area (Å²) in [4.78, 5) is 44.9. The first-order chi connectivity index (χ1) is 16.0. The third-order valence-corrected chi connectivity index (χ3v) is 6.15. The first kappa shape index (κ1) is 23.9. The van der Waals surface area contributed by atoms with E-state index in [1.807, 2.05) is 0 Å². The predicted octanol–water partition coefficient (Wildman–Crippen LogP) is 5.15. The van der Waals surface area contributed by atoms with Crippen molar-refractivity contribution < 1.29 is 32.3 Å². The molecule has 1 saturated heterocycles. The number of alkyl halides is 3. The van der Waals surface area contributed by atoms with Crippen LogP contribution in [0.1, 0.15) is 32.3 Å². The summed E-state index contributed by atoms with van der Waals surface area (Å²) in [5, 5.41) is 2.60. The van der Waals surface area contributed by atoms with Crippen LogP contribution in [-0.2, 0) is 16.1 Å². The number of hydrogen-bond donors (Lipinski definition) is 1. The molecule has 0 radical (unpaired) electrons. The molecular formula is C22H21F3N4O4S. The van der Waals surface area contributed by atoms with E-state index >= 15 is 0 Å². The molecule has 1 N–H and O–H groups in total. The van der Waals surface area contributed by atoms with Crippen LogP contribution in [-0.4, -0.2) is 45.1 Å². The minimum Gasteiger partial charge on any atom is -0.447 e. The Hall–Kier alpha value is -3.28. The highest BCUT2D eigenvalue weighted by Gasteiger charge is 2.65. The van der Waals surface area contributed by atoms with E-state index in [0.717, 1.165) is 4.90 Å². The highest BCUT2D eigenvalue weighted by Crippen LogP contribution is 2.50. The zero-order valence-corrected chi connectivity index (χ0v) is 19.1. The van der Waals surface area contributed by atoms with Crippen LogP contribution in [0.15, 0.2) is 47.6 Å². The number of ether oxygens (including phenoxy) is 1. The maximum Gasteiger partial charge on any atom is 0.446 e. The average Bonchev–Trinajstić information content (AvgIpc) is 3.51. The normalized spacial score (nSPS) is 17.0. The van der Waals surface area contributed by atoms with Gasteiger partial charge in [0.15, 0.2) is 0 Å². The number of carbonyl (C=O) groups is 3. The Labute approximate surface area is 197 Å². The number of amides is 4. The highest BCUT2D eigenvalue weighted by molar-refractivity contribution is 8.00. The fraction of sp³-hybridized carbons (Fsp3) is 0.364. The fourth-order valence-corrected chi connectivity index (χ4v) is 4.30. The van der Waals surface area contributed by atoms with Crippen molar-refractivity contribution in [1.82, 2.24) is 9.88 Å². The first-order valence-corrected chi connectivity index (χ1v) is 11.2. The molecule has 2 heterocycles. The van der Waals surface area contributed by atoms with E-state index < -0.39 is 29.1 Å². The van der Waals surface area contributed by atoms with Gasteiger partial charge >= 0.3 is 17.6 Å². The first-order valence-electron chi connectivity index (χ1n) is 10.4. The summed E-state index contributed by atoms with van der Waals surface area (Å²) in [7, 11) is 0. The Morgan fingerprint density at radius 1 is 1.21 bits per heavy atom. The van der Waals surface area contributed by atoms with Crippen molar-refractivity contribution in [2.45, 2.75) is 55.3 Å².